The molecule has 0 saturated heterocycles. The van der Waals surface area contributed by atoms with Gasteiger partial charge >= 0.3 is 6.18 Å². The highest BCUT2D eigenvalue weighted by atomic mass is 19.4. The SMILES string of the molecule is CNc1cncc(Oc2ccc(C#N)cc2C(F)(F)F)c1. The van der Waals surface area contributed by atoms with E-state index in [1.807, 2.05) is 0 Å². The van der Waals surface area contributed by atoms with Gasteiger partial charge in [0.15, 0.2) is 0 Å². The van der Waals surface area contributed by atoms with Gasteiger partial charge < -0.3 is 10.1 Å². The van der Waals surface area contributed by atoms with Crippen molar-refractivity contribution in [1.82, 2.24) is 4.98 Å². The van der Waals surface area contributed by atoms with Crippen molar-refractivity contribution < 1.29 is 17.9 Å². The summed E-state index contributed by atoms with van der Waals surface area (Å²) in [5.41, 5.74) is -0.483. The zero-order valence-corrected chi connectivity index (χ0v) is 10.9. The van der Waals surface area contributed by atoms with Crippen molar-refractivity contribution in [3.63, 3.8) is 0 Å². The van der Waals surface area contributed by atoms with E-state index in [2.05, 4.69) is 10.3 Å². The highest BCUT2D eigenvalue weighted by Gasteiger charge is 2.35. The summed E-state index contributed by atoms with van der Waals surface area (Å²) >= 11 is 0. The minimum atomic E-state index is -4.61. The highest BCUT2D eigenvalue weighted by molar-refractivity contribution is 5.48. The predicted octanol–water partition coefficient (Wildman–Crippen LogP) is 3.81. The second-order valence-corrected chi connectivity index (χ2v) is 4.08. The van der Waals surface area contributed by atoms with Crippen LogP contribution in [0.2, 0.25) is 0 Å². The number of rotatable bonds is 3. The molecule has 1 N–H and O–H groups in total. The second kappa shape index (κ2) is 5.71. The number of alkyl halides is 3. The Bertz CT molecular complexity index is 693. The van der Waals surface area contributed by atoms with E-state index in [-0.39, 0.29) is 17.1 Å². The van der Waals surface area contributed by atoms with Crippen LogP contribution in [0, 0.1) is 11.3 Å². The highest BCUT2D eigenvalue weighted by Crippen LogP contribution is 2.38. The molecule has 0 unspecified atom stereocenters. The van der Waals surface area contributed by atoms with Gasteiger partial charge in [-0.15, -0.1) is 0 Å². The van der Waals surface area contributed by atoms with E-state index >= 15 is 0 Å². The van der Waals surface area contributed by atoms with Gasteiger partial charge in [0.25, 0.3) is 0 Å². The molecule has 4 nitrogen and oxygen atoms in total. The molecular formula is C14H10F3N3O. The van der Waals surface area contributed by atoms with Gasteiger partial charge in [-0.2, -0.15) is 18.4 Å². The van der Waals surface area contributed by atoms with Crippen LogP contribution in [0.1, 0.15) is 11.1 Å². The summed E-state index contributed by atoms with van der Waals surface area (Å²) in [5.74, 6) is -0.214. The number of hydrogen-bond acceptors (Lipinski definition) is 4. The van der Waals surface area contributed by atoms with Crippen LogP contribution in [0.5, 0.6) is 11.5 Å². The molecule has 0 aliphatic carbocycles. The molecule has 0 aliphatic rings. The number of benzene rings is 1. The number of ether oxygens (including phenoxy) is 1. The summed E-state index contributed by atoms with van der Waals surface area (Å²) in [6, 6.07) is 6.33. The van der Waals surface area contributed by atoms with Gasteiger partial charge in [0.1, 0.15) is 11.5 Å². The Hall–Kier alpha value is -2.75. The summed E-state index contributed by atoms with van der Waals surface area (Å²) < 4.78 is 44.2. The molecule has 0 spiro atoms. The third kappa shape index (κ3) is 3.42. The number of pyridine rings is 1. The molecule has 0 bridgehead atoms. The number of nitriles is 1. The standard InChI is InChI=1S/C14H10F3N3O/c1-19-10-5-11(8-20-7-10)21-13-3-2-9(6-18)4-12(13)14(15,16)17/h2-5,7-8,19H,1H3. The molecule has 7 heteroatoms. The van der Waals surface area contributed by atoms with E-state index < -0.39 is 11.7 Å². The van der Waals surface area contributed by atoms with Gasteiger partial charge in [-0.05, 0) is 18.2 Å². The van der Waals surface area contributed by atoms with Gasteiger partial charge in [-0.25, -0.2) is 0 Å². The topological polar surface area (TPSA) is 57.9 Å². The number of anilines is 1. The Morgan fingerprint density at radius 3 is 2.62 bits per heavy atom. The number of aromatic nitrogens is 1. The Morgan fingerprint density at radius 1 is 1.24 bits per heavy atom. The molecule has 2 rings (SSSR count). The first-order valence-electron chi connectivity index (χ1n) is 5.86. The average molecular weight is 293 g/mol. The molecular weight excluding hydrogens is 283 g/mol. The Balaban J connectivity index is 2.42. The van der Waals surface area contributed by atoms with Gasteiger partial charge in [-0.1, -0.05) is 0 Å². The first kappa shape index (κ1) is 14.7. The lowest BCUT2D eigenvalue weighted by atomic mass is 10.1. The summed E-state index contributed by atoms with van der Waals surface area (Å²) in [5, 5.41) is 11.5. The number of halogens is 3. The summed E-state index contributed by atoms with van der Waals surface area (Å²) in [6.07, 6.45) is -1.80. The number of hydrogen-bond donors (Lipinski definition) is 1. The minimum Gasteiger partial charge on any atom is -0.455 e. The first-order valence-corrected chi connectivity index (χ1v) is 5.86. The lowest BCUT2D eigenvalue weighted by molar-refractivity contribution is -0.138. The molecule has 0 fully saturated rings. The van der Waals surface area contributed by atoms with Crippen molar-refractivity contribution in [2.45, 2.75) is 6.18 Å². The monoisotopic (exact) mass is 293 g/mol. The molecule has 0 radical (unpaired) electrons. The molecule has 1 heterocycles. The lowest BCUT2D eigenvalue weighted by Crippen LogP contribution is -2.07. The van der Waals surface area contributed by atoms with Crippen LogP contribution >= 0.6 is 0 Å². The predicted molar refractivity (Wildman–Crippen MR) is 70.0 cm³/mol. The van der Waals surface area contributed by atoms with Gasteiger partial charge in [0.2, 0.25) is 0 Å². The molecule has 2 aromatic rings. The van der Waals surface area contributed by atoms with E-state index in [9.17, 15) is 13.2 Å². The average Bonchev–Trinajstić information content (AvgIpc) is 2.46. The van der Waals surface area contributed by atoms with Crippen LogP contribution in [-0.4, -0.2) is 12.0 Å². The quantitative estimate of drug-likeness (QED) is 0.935. The summed E-state index contributed by atoms with van der Waals surface area (Å²) in [4.78, 5) is 3.86. The van der Waals surface area contributed by atoms with Crippen LogP contribution in [0.15, 0.2) is 36.7 Å². The van der Waals surface area contributed by atoms with Crippen molar-refractivity contribution in [3.8, 4) is 17.6 Å². The Morgan fingerprint density at radius 2 is 2.00 bits per heavy atom. The third-order valence-electron chi connectivity index (χ3n) is 2.64. The van der Waals surface area contributed by atoms with E-state index in [4.69, 9.17) is 10.00 Å². The van der Waals surface area contributed by atoms with E-state index in [0.29, 0.717) is 5.69 Å². The first-order chi connectivity index (χ1) is 9.94. The van der Waals surface area contributed by atoms with Crippen molar-refractivity contribution in [2.75, 3.05) is 12.4 Å². The van der Waals surface area contributed by atoms with Crippen molar-refractivity contribution in [2.24, 2.45) is 0 Å². The zero-order chi connectivity index (χ0) is 15.5. The van der Waals surface area contributed by atoms with E-state index in [1.165, 1.54) is 24.5 Å². The smallest absolute Gasteiger partial charge is 0.420 e. The minimum absolute atomic E-state index is 0.0863. The van der Waals surface area contributed by atoms with Crippen LogP contribution in [-0.2, 0) is 6.18 Å². The lowest BCUT2D eigenvalue weighted by Gasteiger charge is -2.14. The maximum absolute atomic E-state index is 13.0. The van der Waals surface area contributed by atoms with Crippen molar-refractivity contribution in [1.29, 1.82) is 5.26 Å². The molecule has 108 valence electrons. The van der Waals surface area contributed by atoms with Crippen LogP contribution in [0.4, 0.5) is 18.9 Å². The maximum Gasteiger partial charge on any atom is 0.420 e. The summed E-state index contributed by atoms with van der Waals surface area (Å²) in [7, 11) is 1.66. The maximum atomic E-state index is 13.0. The van der Waals surface area contributed by atoms with Crippen LogP contribution in [0.25, 0.3) is 0 Å². The summed E-state index contributed by atoms with van der Waals surface area (Å²) in [6.45, 7) is 0. The second-order valence-electron chi connectivity index (χ2n) is 4.08. The van der Waals surface area contributed by atoms with Gasteiger partial charge in [0, 0.05) is 13.1 Å². The molecule has 0 atom stereocenters. The van der Waals surface area contributed by atoms with Crippen LogP contribution < -0.4 is 10.1 Å². The fourth-order valence-corrected chi connectivity index (χ4v) is 1.65. The molecule has 0 saturated carbocycles. The molecule has 0 aliphatic heterocycles. The molecule has 1 aromatic heterocycles. The number of nitrogens with zero attached hydrogens (tertiary/aromatic N) is 2. The Labute approximate surface area is 118 Å². The fourth-order valence-electron chi connectivity index (χ4n) is 1.65. The molecule has 21 heavy (non-hydrogen) atoms. The van der Waals surface area contributed by atoms with Crippen molar-refractivity contribution in [3.05, 3.63) is 47.8 Å². The third-order valence-corrected chi connectivity index (χ3v) is 2.64. The van der Waals surface area contributed by atoms with E-state index in [0.717, 1.165) is 12.1 Å². The Kier molecular flexibility index (Phi) is 3.98. The van der Waals surface area contributed by atoms with E-state index in [1.54, 1.807) is 13.1 Å². The van der Waals surface area contributed by atoms with Gasteiger partial charge in [-0.3, -0.25) is 4.98 Å². The zero-order valence-electron chi connectivity index (χ0n) is 10.9. The largest absolute Gasteiger partial charge is 0.455 e. The van der Waals surface area contributed by atoms with Gasteiger partial charge in [0.05, 0.1) is 35.3 Å². The van der Waals surface area contributed by atoms with Crippen molar-refractivity contribution >= 4 is 5.69 Å². The normalized spacial score (nSPS) is 10.8. The molecule has 0 amide bonds. The molecule has 1 aromatic carbocycles. The number of nitrogens with one attached hydrogen (secondary N) is 1. The fraction of sp³-hybridized carbons (Fsp3) is 0.143. The van der Waals surface area contributed by atoms with Crippen LogP contribution in [0.3, 0.4) is 0 Å².